The average molecular weight is 366 g/mol. The van der Waals surface area contributed by atoms with Crippen LogP contribution in [0.25, 0.3) is 11.1 Å². The van der Waals surface area contributed by atoms with Crippen LogP contribution in [0.3, 0.4) is 0 Å². The maximum absolute atomic E-state index is 13.2. The van der Waals surface area contributed by atoms with Crippen LogP contribution in [0.4, 0.5) is 0 Å². The van der Waals surface area contributed by atoms with Crippen molar-refractivity contribution < 1.29 is 4.79 Å². The Morgan fingerprint density at radius 1 is 1.11 bits per heavy atom. The highest BCUT2D eigenvalue weighted by Crippen LogP contribution is 2.28. The van der Waals surface area contributed by atoms with Crippen LogP contribution < -0.4 is 10.9 Å². The summed E-state index contributed by atoms with van der Waals surface area (Å²) in [6.07, 6.45) is 13.7. The molecule has 2 aliphatic rings. The summed E-state index contributed by atoms with van der Waals surface area (Å²) < 4.78 is 1.77. The maximum Gasteiger partial charge on any atom is 0.253 e. The van der Waals surface area contributed by atoms with E-state index in [2.05, 4.69) is 15.3 Å². The molecule has 0 spiro atoms. The molecule has 1 saturated carbocycles. The number of amides is 1. The maximum atomic E-state index is 13.2. The summed E-state index contributed by atoms with van der Waals surface area (Å²) in [7, 11) is 0. The number of fused-ring (bicyclic) bond motifs is 1. The van der Waals surface area contributed by atoms with Crippen LogP contribution in [0.5, 0.6) is 0 Å². The molecular formula is C21H26N4O2. The molecule has 6 heteroatoms. The van der Waals surface area contributed by atoms with Crippen LogP contribution in [-0.2, 0) is 13.0 Å². The van der Waals surface area contributed by atoms with Gasteiger partial charge in [-0.15, -0.1) is 0 Å². The second kappa shape index (κ2) is 8.03. The Morgan fingerprint density at radius 3 is 2.67 bits per heavy atom. The van der Waals surface area contributed by atoms with Gasteiger partial charge < -0.3 is 9.88 Å². The third-order valence-electron chi connectivity index (χ3n) is 5.84. The van der Waals surface area contributed by atoms with Gasteiger partial charge in [-0.25, -0.2) is 9.97 Å². The minimum Gasteiger partial charge on any atom is -0.352 e. The van der Waals surface area contributed by atoms with Gasteiger partial charge in [0.05, 0.1) is 5.56 Å². The zero-order valence-corrected chi connectivity index (χ0v) is 15.6. The molecule has 0 bridgehead atoms. The van der Waals surface area contributed by atoms with Crippen LogP contribution >= 0.6 is 0 Å². The molecule has 0 aromatic carbocycles. The van der Waals surface area contributed by atoms with Gasteiger partial charge in [-0.2, -0.15) is 0 Å². The van der Waals surface area contributed by atoms with Crippen LogP contribution in [0.15, 0.2) is 29.6 Å². The molecular weight excluding hydrogens is 340 g/mol. The molecule has 2 aromatic heterocycles. The zero-order chi connectivity index (χ0) is 18.6. The summed E-state index contributed by atoms with van der Waals surface area (Å²) in [6, 6.07) is 1.57. The first kappa shape index (κ1) is 17.9. The van der Waals surface area contributed by atoms with Gasteiger partial charge in [-0.3, -0.25) is 9.59 Å². The Kier molecular flexibility index (Phi) is 5.32. The number of pyridine rings is 1. The molecule has 0 radical (unpaired) electrons. The molecule has 0 unspecified atom stereocenters. The van der Waals surface area contributed by atoms with Crippen molar-refractivity contribution in [2.45, 2.75) is 57.9 Å². The highest BCUT2D eigenvalue weighted by molar-refractivity contribution is 6.01. The minimum atomic E-state index is -0.0786. The van der Waals surface area contributed by atoms with Crippen molar-refractivity contribution in [3.8, 4) is 11.1 Å². The van der Waals surface area contributed by atoms with E-state index < -0.39 is 0 Å². The molecule has 142 valence electrons. The summed E-state index contributed by atoms with van der Waals surface area (Å²) in [5.74, 6) is 0.485. The van der Waals surface area contributed by atoms with Crippen molar-refractivity contribution in [2.24, 2.45) is 5.92 Å². The molecule has 1 N–H and O–H groups in total. The van der Waals surface area contributed by atoms with E-state index in [-0.39, 0.29) is 11.5 Å². The van der Waals surface area contributed by atoms with Crippen molar-refractivity contribution in [3.05, 3.63) is 46.4 Å². The van der Waals surface area contributed by atoms with Crippen LogP contribution in [-0.4, -0.2) is 27.0 Å². The molecule has 27 heavy (non-hydrogen) atoms. The SMILES string of the molecule is O=C(NCC1CCCCC1)c1c(-c2cncnc2)cc(=O)n2c1CCCC2. The van der Waals surface area contributed by atoms with E-state index in [9.17, 15) is 9.59 Å². The smallest absolute Gasteiger partial charge is 0.253 e. The first-order valence-electron chi connectivity index (χ1n) is 10.0. The quantitative estimate of drug-likeness (QED) is 0.902. The molecule has 1 fully saturated rings. The summed E-state index contributed by atoms with van der Waals surface area (Å²) in [5.41, 5.74) is 2.79. The summed E-state index contributed by atoms with van der Waals surface area (Å²) in [6.45, 7) is 1.39. The summed E-state index contributed by atoms with van der Waals surface area (Å²) in [5, 5.41) is 3.15. The fraction of sp³-hybridized carbons (Fsp3) is 0.524. The van der Waals surface area contributed by atoms with Gasteiger partial charge in [-0.1, -0.05) is 19.3 Å². The second-order valence-corrected chi connectivity index (χ2v) is 7.67. The molecule has 1 aliphatic carbocycles. The molecule has 6 nitrogen and oxygen atoms in total. The Balaban J connectivity index is 1.70. The highest BCUT2D eigenvalue weighted by Gasteiger charge is 2.25. The van der Waals surface area contributed by atoms with Crippen molar-refractivity contribution in [1.82, 2.24) is 19.9 Å². The second-order valence-electron chi connectivity index (χ2n) is 7.67. The zero-order valence-electron chi connectivity index (χ0n) is 15.6. The average Bonchev–Trinajstić information content (AvgIpc) is 2.73. The highest BCUT2D eigenvalue weighted by atomic mass is 16.2. The largest absolute Gasteiger partial charge is 0.352 e. The monoisotopic (exact) mass is 366 g/mol. The van der Waals surface area contributed by atoms with Crippen LogP contribution in [0.1, 0.15) is 61.0 Å². The molecule has 2 aromatic rings. The third kappa shape index (κ3) is 3.80. The summed E-state index contributed by atoms with van der Waals surface area (Å²) in [4.78, 5) is 34.0. The summed E-state index contributed by atoms with van der Waals surface area (Å²) >= 11 is 0. The van der Waals surface area contributed by atoms with Crippen LogP contribution in [0, 0.1) is 5.92 Å². The van der Waals surface area contributed by atoms with Gasteiger partial charge in [0.25, 0.3) is 11.5 Å². The van der Waals surface area contributed by atoms with E-state index >= 15 is 0 Å². The lowest BCUT2D eigenvalue weighted by atomic mass is 9.89. The number of nitrogens with one attached hydrogen (secondary N) is 1. The van der Waals surface area contributed by atoms with Gasteiger partial charge in [0.1, 0.15) is 6.33 Å². The van der Waals surface area contributed by atoms with E-state index in [4.69, 9.17) is 0 Å². The number of carbonyl (C=O) groups excluding carboxylic acids is 1. The third-order valence-corrected chi connectivity index (χ3v) is 5.84. The first-order chi connectivity index (χ1) is 13.2. The number of hydrogen-bond donors (Lipinski definition) is 1. The van der Waals surface area contributed by atoms with Gasteiger partial charge in [0, 0.05) is 48.4 Å². The lowest BCUT2D eigenvalue weighted by molar-refractivity contribution is 0.0941. The molecule has 0 atom stereocenters. The van der Waals surface area contributed by atoms with Crippen molar-refractivity contribution >= 4 is 5.91 Å². The van der Waals surface area contributed by atoms with Gasteiger partial charge in [0.15, 0.2) is 0 Å². The molecule has 1 amide bonds. The molecule has 0 saturated heterocycles. The lowest BCUT2D eigenvalue weighted by Crippen LogP contribution is -2.35. The normalized spacial score (nSPS) is 17.3. The van der Waals surface area contributed by atoms with E-state index in [1.54, 1.807) is 23.0 Å². The Hall–Kier alpha value is -2.50. The van der Waals surface area contributed by atoms with Gasteiger partial charge in [0.2, 0.25) is 0 Å². The van der Waals surface area contributed by atoms with E-state index in [0.29, 0.717) is 35.7 Å². The van der Waals surface area contributed by atoms with E-state index in [1.165, 1.54) is 38.4 Å². The van der Waals surface area contributed by atoms with Gasteiger partial charge >= 0.3 is 0 Å². The molecule has 4 rings (SSSR count). The van der Waals surface area contributed by atoms with Crippen LogP contribution in [0.2, 0.25) is 0 Å². The van der Waals surface area contributed by atoms with Crippen molar-refractivity contribution in [3.63, 3.8) is 0 Å². The van der Waals surface area contributed by atoms with Crippen molar-refractivity contribution in [2.75, 3.05) is 6.54 Å². The fourth-order valence-corrected chi connectivity index (χ4v) is 4.40. The predicted molar refractivity (Wildman–Crippen MR) is 104 cm³/mol. The number of carbonyl (C=O) groups is 1. The number of rotatable bonds is 4. The van der Waals surface area contributed by atoms with Crippen molar-refractivity contribution in [1.29, 1.82) is 0 Å². The first-order valence-corrected chi connectivity index (χ1v) is 10.0. The Morgan fingerprint density at radius 2 is 1.89 bits per heavy atom. The Labute approximate surface area is 159 Å². The number of hydrogen-bond acceptors (Lipinski definition) is 4. The Bertz CT molecular complexity index is 870. The van der Waals surface area contributed by atoms with E-state index in [1.807, 2.05) is 0 Å². The topological polar surface area (TPSA) is 76.9 Å². The number of nitrogens with zero attached hydrogens (tertiary/aromatic N) is 3. The van der Waals surface area contributed by atoms with E-state index in [0.717, 1.165) is 25.0 Å². The molecule has 3 heterocycles. The number of aromatic nitrogens is 3. The lowest BCUT2D eigenvalue weighted by Gasteiger charge is -2.25. The fourth-order valence-electron chi connectivity index (χ4n) is 4.40. The molecule has 1 aliphatic heterocycles. The predicted octanol–water partition coefficient (Wildman–Crippen LogP) is 2.95. The van der Waals surface area contributed by atoms with Gasteiger partial charge in [-0.05, 0) is 38.0 Å². The standard InChI is InChI=1S/C21H26N4O2/c26-19-10-17(16-12-22-14-23-13-16)20(18-8-4-5-9-25(18)19)21(27)24-11-15-6-2-1-3-7-15/h10,12-15H,1-9,11H2,(H,24,27). The minimum absolute atomic E-state index is 0.0487.